The molecule has 4 nitrogen and oxygen atoms in total. The topological polar surface area (TPSA) is 51.3 Å². The van der Waals surface area contributed by atoms with E-state index in [-0.39, 0.29) is 5.75 Å². The van der Waals surface area contributed by atoms with Gasteiger partial charge in [0.05, 0.1) is 13.7 Å². The summed E-state index contributed by atoms with van der Waals surface area (Å²) in [7, 11) is 1.39. The van der Waals surface area contributed by atoms with Gasteiger partial charge in [0.15, 0.2) is 11.6 Å². The van der Waals surface area contributed by atoms with E-state index in [2.05, 4.69) is 4.98 Å². The van der Waals surface area contributed by atoms with Crippen LogP contribution >= 0.6 is 0 Å². The number of halogens is 1. The van der Waals surface area contributed by atoms with Gasteiger partial charge in [0.25, 0.3) is 0 Å². The van der Waals surface area contributed by atoms with Crippen LogP contribution in [0.3, 0.4) is 0 Å². The number of hydrogen-bond acceptors (Lipinski definition) is 3. The van der Waals surface area contributed by atoms with E-state index >= 15 is 0 Å². The molecule has 1 heterocycles. The number of aromatic nitrogens is 1. The van der Waals surface area contributed by atoms with Crippen molar-refractivity contribution in [2.24, 2.45) is 0 Å². The van der Waals surface area contributed by atoms with E-state index < -0.39 is 11.8 Å². The number of hydrogen-bond donors (Lipinski definition) is 1. The third kappa shape index (κ3) is 2.08. The summed E-state index contributed by atoms with van der Waals surface area (Å²) in [6.45, 7) is 2.02. The van der Waals surface area contributed by atoms with Crippen LogP contribution in [0.25, 0.3) is 10.9 Å². The number of aromatic amines is 1. The minimum Gasteiger partial charge on any atom is -0.494 e. The van der Waals surface area contributed by atoms with Crippen molar-refractivity contribution in [2.75, 3.05) is 13.7 Å². The van der Waals surface area contributed by atoms with E-state index in [9.17, 15) is 9.18 Å². The molecular weight excluding hydrogens is 225 g/mol. The normalized spacial score (nSPS) is 10.5. The van der Waals surface area contributed by atoms with Crippen molar-refractivity contribution >= 4 is 16.9 Å². The number of methoxy groups -OCH3 is 1. The van der Waals surface area contributed by atoms with Crippen LogP contribution in [0, 0.1) is 5.82 Å². The molecule has 0 aliphatic rings. The first-order chi connectivity index (χ1) is 8.15. The Kier molecular flexibility index (Phi) is 2.99. The lowest BCUT2D eigenvalue weighted by molar-refractivity contribution is 0.0520. The molecule has 0 fully saturated rings. The van der Waals surface area contributed by atoms with Crippen LogP contribution in [0.2, 0.25) is 0 Å². The number of ether oxygens (including phenoxy) is 2. The highest BCUT2D eigenvalue weighted by Gasteiger charge is 2.12. The summed E-state index contributed by atoms with van der Waals surface area (Å²) in [6, 6.07) is 4.37. The molecule has 0 aliphatic carbocycles. The lowest BCUT2D eigenvalue weighted by atomic mass is 10.2. The second kappa shape index (κ2) is 4.45. The second-order valence-electron chi connectivity index (χ2n) is 3.48. The molecule has 1 aromatic carbocycles. The number of nitrogens with one attached hydrogen (secondary N) is 1. The number of rotatable bonds is 3. The van der Waals surface area contributed by atoms with Gasteiger partial charge >= 0.3 is 5.97 Å². The molecule has 0 spiro atoms. The predicted octanol–water partition coefficient (Wildman–Crippen LogP) is 2.49. The lowest BCUT2D eigenvalue weighted by Crippen LogP contribution is -2.04. The Morgan fingerprint density at radius 2 is 2.18 bits per heavy atom. The summed E-state index contributed by atoms with van der Waals surface area (Å²) in [6.07, 6.45) is 0. The fourth-order valence-electron chi connectivity index (χ4n) is 1.61. The Balaban J connectivity index is 2.47. The molecule has 0 atom stereocenters. The number of esters is 1. The van der Waals surface area contributed by atoms with Crippen LogP contribution in [0.1, 0.15) is 17.4 Å². The largest absolute Gasteiger partial charge is 0.494 e. The van der Waals surface area contributed by atoms with E-state index in [4.69, 9.17) is 9.47 Å². The summed E-state index contributed by atoms with van der Waals surface area (Å²) in [4.78, 5) is 14.3. The zero-order valence-corrected chi connectivity index (χ0v) is 9.54. The van der Waals surface area contributed by atoms with E-state index in [1.165, 1.54) is 19.2 Å². The van der Waals surface area contributed by atoms with E-state index in [0.29, 0.717) is 23.2 Å². The molecule has 0 saturated carbocycles. The number of H-pyrrole nitrogens is 1. The van der Waals surface area contributed by atoms with Crippen LogP contribution in [-0.4, -0.2) is 24.7 Å². The number of carbonyl (C=O) groups excluding carboxylic acids is 1. The molecule has 5 heteroatoms. The quantitative estimate of drug-likeness (QED) is 0.834. The molecule has 1 aromatic heterocycles. The third-order valence-electron chi connectivity index (χ3n) is 2.39. The molecule has 0 amide bonds. The van der Waals surface area contributed by atoms with E-state index in [1.807, 2.05) is 0 Å². The molecule has 0 radical (unpaired) electrons. The van der Waals surface area contributed by atoms with Crippen molar-refractivity contribution in [3.63, 3.8) is 0 Å². The zero-order chi connectivity index (χ0) is 12.4. The summed E-state index contributed by atoms with van der Waals surface area (Å²) >= 11 is 0. The molecule has 2 rings (SSSR count). The van der Waals surface area contributed by atoms with Gasteiger partial charge in [-0.2, -0.15) is 0 Å². The van der Waals surface area contributed by atoms with Crippen molar-refractivity contribution in [3.8, 4) is 5.75 Å². The molecule has 17 heavy (non-hydrogen) atoms. The van der Waals surface area contributed by atoms with Crippen LogP contribution in [0.5, 0.6) is 5.75 Å². The lowest BCUT2D eigenvalue weighted by Gasteiger charge is -2.00. The fraction of sp³-hybridized carbons (Fsp3) is 0.250. The van der Waals surface area contributed by atoms with Crippen molar-refractivity contribution in [3.05, 3.63) is 29.7 Å². The Morgan fingerprint density at radius 3 is 2.82 bits per heavy atom. The van der Waals surface area contributed by atoms with Crippen molar-refractivity contribution in [1.82, 2.24) is 4.98 Å². The highest BCUT2D eigenvalue weighted by molar-refractivity contribution is 5.95. The molecule has 1 N–H and O–H groups in total. The number of benzene rings is 1. The van der Waals surface area contributed by atoms with Crippen LogP contribution in [0.15, 0.2) is 18.2 Å². The van der Waals surface area contributed by atoms with Crippen molar-refractivity contribution in [1.29, 1.82) is 0 Å². The van der Waals surface area contributed by atoms with Gasteiger partial charge < -0.3 is 14.5 Å². The van der Waals surface area contributed by atoms with Crippen LogP contribution in [-0.2, 0) is 4.74 Å². The Hall–Kier alpha value is -2.04. The molecule has 0 aliphatic heterocycles. The SMILES string of the molecule is CCOC(=O)c1cc2cc(F)c(OC)cc2[nH]1. The van der Waals surface area contributed by atoms with Gasteiger partial charge in [-0.3, -0.25) is 0 Å². The van der Waals surface area contributed by atoms with Gasteiger partial charge in [0.2, 0.25) is 0 Å². The van der Waals surface area contributed by atoms with Crippen molar-refractivity contribution < 1.29 is 18.7 Å². The maximum atomic E-state index is 13.4. The maximum absolute atomic E-state index is 13.4. The average Bonchev–Trinajstić information content (AvgIpc) is 2.71. The highest BCUT2D eigenvalue weighted by atomic mass is 19.1. The van der Waals surface area contributed by atoms with Gasteiger partial charge in [0, 0.05) is 17.0 Å². The summed E-state index contributed by atoms with van der Waals surface area (Å²) in [5.74, 6) is -0.785. The first-order valence-electron chi connectivity index (χ1n) is 5.19. The minimum atomic E-state index is -0.464. The molecular formula is C12H12FNO3. The van der Waals surface area contributed by atoms with Crippen LogP contribution in [0.4, 0.5) is 4.39 Å². The van der Waals surface area contributed by atoms with Gasteiger partial charge in [-0.15, -0.1) is 0 Å². The zero-order valence-electron chi connectivity index (χ0n) is 9.54. The standard InChI is InChI=1S/C12H12FNO3/c1-3-17-12(15)10-5-7-4-8(13)11(16-2)6-9(7)14-10/h4-6,14H,3H2,1-2H3. The molecule has 0 bridgehead atoms. The fourth-order valence-corrected chi connectivity index (χ4v) is 1.61. The van der Waals surface area contributed by atoms with E-state index in [1.54, 1.807) is 13.0 Å². The maximum Gasteiger partial charge on any atom is 0.354 e. The minimum absolute atomic E-state index is 0.134. The third-order valence-corrected chi connectivity index (χ3v) is 2.39. The predicted molar refractivity (Wildman–Crippen MR) is 60.8 cm³/mol. The summed E-state index contributed by atoms with van der Waals surface area (Å²) in [5, 5.41) is 0.603. The molecule has 2 aromatic rings. The second-order valence-corrected chi connectivity index (χ2v) is 3.48. The van der Waals surface area contributed by atoms with Crippen LogP contribution < -0.4 is 4.74 Å². The summed E-state index contributed by atoms with van der Waals surface area (Å²) in [5.41, 5.74) is 0.931. The Bertz CT molecular complexity index is 562. The average molecular weight is 237 g/mol. The van der Waals surface area contributed by atoms with Gasteiger partial charge in [-0.1, -0.05) is 0 Å². The highest BCUT2D eigenvalue weighted by Crippen LogP contribution is 2.25. The van der Waals surface area contributed by atoms with Crippen molar-refractivity contribution in [2.45, 2.75) is 6.92 Å². The smallest absolute Gasteiger partial charge is 0.354 e. The monoisotopic (exact) mass is 237 g/mol. The van der Waals surface area contributed by atoms with E-state index in [0.717, 1.165) is 0 Å². The molecule has 0 unspecified atom stereocenters. The Morgan fingerprint density at radius 1 is 1.41 bits per heavy atom. The first-order valence-corrected chi connectivity index (χ1v) is 5.19. The number of fused-ring (bicyclic) bond motifs is 1. The van der Waals surface area contributed by atoms with Gasteiger partial charge in [0.1, 0.15) is 5.69 Å². The molecule has 90 valence electrons. The summed E-state index contributed by atoms with van der Waals surface area (Å²) < 4.78 is 23.1. The van der Waals surface area contributed by atoms with Gasteiger partial charge in [-0.25, -0.2) is 9.18 Å². The first kappa shape index (κ1) is 11.4. The Labute approximate surface area is 97.3 Å². The molecule has 0 saturated heterocycles. The van der Waals surface area contributed by atoms with Gasteiger partial charge in [-0.05, 0) is 19.1 Å². The number of carbonyl (C=O) groups is 1.